The predicted octanol–water partition coefficient (Wildman–Crippen LogP) is 4.53. The first-order chi connectivity index (χ1) is 12.1. The van der Waals surface area contributed by atoms with Gasteiger partial charge in [0, 0.05) is 12.2 Å². The first kappa shape index (κ1) is 16.2. The molecule has 0 bridgehead atoms. The number of rotatable bonds is 4. The summed E-state index contributed by atoms with van der Waals surface area (Å²) in [5.41, 5.74) is 3.86. The van der Waals surface area contributed by atoms with Gasteiger partial charge >= 0.3 is 0 Å². The van der Waals surface area contributed by atoms with Crippen LogP contribution in [0.25, 0.3) is 11.1 Å². The van der Waals surface area contributed by atoms with Crippen LogP contribution in [0.1, 0.15) is 19.4 Å². The standard InChI is InChI=1S/C20H20N2O2S/c1-13(2)18(25-20-21-15-8-4-6-10-17(15)24-20)19(23)22-12-11-14-7-3-5-9-16(14)22/h3-10,13,18H,11-12H2,1-2H3/t18-/m0/s1. The van der Waals surface area contributed by atoms with Crippen molar-refractivity contribution in [3.05, 3.63) is 54.1 Å². The van der Waals surface area contributed by atoms with Gasteiger partial charge in [0.25, 0.3) is 5.22 Å². The Morgan fingerprint density at radius 3 is 2.72 bits per heavy atom. The number of para-hydroxylation sites is 3. The fourth-order valence-corrected chi connectivity index (χ4v) is 4.21. The van der Waals surface area contributed by atoms with Gasteiger partial charge in [-0.2, -0.15) is 0 Å². The highest BCUT2D eigenvalue weighted by Gasteiger charge is 2.33. The van der Waals surface area contributed by atoms with E-state index in [1.54, 1.807) is 0 Å². The Bertz CT molecular complexity index is 886. The summed E-state index contributed by atoms with van der Waals surface area (Å²) in [6.45, 7) is 4.88. The van der Waals surface area contributed by atoms with E-state index in [4.69, 9.17) is 4.42 Å². The van der Waals surface area contributed by atoms with Crippen molar-refractivity contribution in [2.75, 3.05) is 11.4 Å². The van der Waals surface area contributed by atoms with E-state index in [2.05, 4.69) is 24.9 Å². The maximum atomic E-state index is 13.2. The van der Waals surface area contributed by atoms with E-state index >= 15 is 0 Å². The van der Waals surface area contributed by atoms with Crippen LogP contribution in [0.15, 0.2) is 58.2 Å². The lowest BCUT2D eigenvalue weighted by molar-refractivity contribution is -0.118. The van der Waals surface area contributed by atoms with Crippen LogP contribution >= 0.6 is 11.8 Å². The largest absolute Gasteiger partial charge is 0.431 e. The summed E-state index contributed by atoms with van der Waals surface area (Å²) in [6, 6.07) is 15.8. The molecular weight excluding hydrogens is 332 g/mol. The van der Waals surface area contributed by atoms with Gasteiger partial charge in [-0.1, -0.05) is 55.9 Å². The van der Waals surface area contributed by atoms with Crippen molar-refractivity contribution in [3.8, 4) is 0 Å². The minimum atomic E-state index is -0.223. The SMILES string of the molecule is CC(C)[C@H](Sc1nc2ccccc2o1)C(=O)N1CCc2ccccc21. The second-order valence-electron chi connectivity index (χ2n) is 6.60. The van der Waals surface area contributed by atoms with Crippen molar-refractivity contribution < 1.29 is 9.21 Å². The van der Waals surface area contributed by atoms with Crippen molar-refractivity contribution in [2.24, 2.45) is 5.92 Å². The molecule has 1 aliphatic rings. The highest BCUT2D eigenvalue weighted by atomic mass is 32.2. The molecule has 1 atom stereocenters. The molecule has 5 heteroatoms. The van der Waals surface area contributed by atoms with Gasteiger partial charge in [-0.25, -0.2) is 4.98 Å². The molecule has 128 valence electrons. The summed E-state index contributed by atoms with van der Waals surface area (Å²) in [7, 11) is 0. The summed E-state index contributed by atoms with van der Waals surface area (Å²) in [4.78, 5) is 19.6. The second kappa shape index (κ2) is 6.56. The minimum absolute atomic E-state index is 0.132. The minimum Gasteiger partial charge on any atom is -0.431 e. The first-order valence-electron chi connectivity index (χ1n) is 8.55. The van der Waals surface area contributed by atoms with E-state index in [1.807, 2.05) is 47.4 Å². The van der Waals surface area contributed by atoms with Crippen molar-refractivity contribution in [1.29, 1.82) is 0 Å². The normalized spacial score (nSPS) is 14.9. The van der Waals surface area contributed by atoms with Crippen LogP contribution in [0.4, 0.5) is 5.69 Å². The van der Waals surface area contributed by atoms with Crippen LogP contribution in [-0.4, -0.2) is 22.7 Å². The molecule has 3 aromatic rings. The lowest BCUT2D eigenvalue weighted by atomic mass is 10.1. The molecule has 0 unspecified atom stereocenters. The Labute approximate surface area is 151 Å². The van der Waals surface area contributed by atoms with Crippen LogP contribution in [0.3, 0.4) is 0 Å². The molecule has 0 N–H and O–H groups in total. The van der Waals surface area contributed by atoms with Crippen molar-refractivity contribution in [3.63, 3.8) is 0 Å². The number of anilines is 1. The van der Waals surface area contributed by atoms with E-state index in [0.717, 1.165) is 29.8 Å². The molecule has 0 saturated carbocycles. The number of fused-ring (bicyclic) bond motifs is 2. The summed E-state index contributed by atoms with van der Waals surface area (Å²) in [5.74, 6) is 0.312. The Balaban J connectivity index is 1.60. The summed E-state index contributed by atoms with van der Waals surface area (Å²) < 4.78 is 5.81. The van der Waals surface area contributed by atoms with Crippen molar-refractivity contribution in [2.45, 2.75) is 30.7 Å². The number of nitrogens with zero attached hydrogens (tertiary/aromatic N) is 2. The van der Waals surface area contributed by atoms with Crippen LogP contribution in [0.2, 0.25) is 0 Å². The van der Waals surface area contributed by atoms with Crippen LogP contribution in [-0.2, 0) is 11.2 Å². The van der Waals surface area contributed by atoms with Gasteiger partial charge in [0.15, 0.2) is 5.58 Å². The third-order valence-electron chi connectivity index (χ3n) is 4.50. The molecule has 0 radical (unpaired) electrons. The monoisotopic (exact) mass is 352 g/mol. The smallest absolute Gasteiger partial charge is 0.257 e. The Kier molecular flexibility index (Phi) is 4.25. The average molecular weight is 352 g/mol. The number of benzene rings is 2. The Morgan fingerprint density at radius 2 is 1.92 bits per heavy atom. The number of thioether (sulfide) groups is 1. The molecule has 1 aromatic heterocycles. The highest BCUT2D eigenvalue weighted by Crippen LogP contribution is 2.35. The summed E-state index contributed by atoms with van der Waals surface area (Å²) >= 11 is 1.42. The van der Waals surface area contributed by atoms with Gasteiger partial charge in [-0.3, -0.25) is 4.79 Å². The number of amides is 1. The molecule has 0 fully saturated rings. The third kappa shape index (κ3) is 3.04. The van der Waals surface area contributed by atoms with Gasteiger partial charge in [-0.05, 0) is 36.1 Å². The number of oxazole rings is 1. The van der Waals surface area contributed by atoms with Crippen molar-refractivity contribution in [1.82, 2.24) is 4.98 Å². The quantitative estimate of drug-likeness (QED) is 0.647. The fourth-order valence-electron chi connectivity index (χ4n) is 3.20. The zero-order chi connectivity index (χ0) is 17.4. The predicted molar refractivity (Wildman–Crippen MR) is 101 cm³/mol. The van der Waals surface area contributed by atoms with E-state index < -0.39 is 0 Å². The van der Waals surface area contributed by atoms with E-state index in [1.165, 1.54) is 17.3 Å². The molecule has 25 heavy (non-hydrogen) atoms. The molecule has 1 aliphatic heterocycles. The summed E-state index contributed by atoms with van der Waals surface area (Å²) in [5, 5.41) is 0.333. The maximum Gasteiger partial charge on any atom is 0.257 e. The van der Waals surface area contributed by atoms with Gasteiger partial charge in [0.05, 0.1) is 5.25 Å². The molecule has 0 saturated heterocycles. The lowest BCUT2D eigenvalue weighted by Gasteiger charge is -2.25. The van der Waals surface area contributed by atoms with Crippen LogP contribution in [0.5, 0.6) is 0 Å². The highest BCUT2D eigenvalue weighted by molar-refractivity contribution is 8.00. The van der Waals surface area contributed by atoms with Gasteiger partial charge in [-0.15, -0.1) is 0 Å². The average Bonchev–Trinajstić information content (AvgIpc) is 3.22. The Morgan fingerprint density at radius 1 is 1.16 bits per heavy atom. The fraction of sp³-hybridized carbons (Fsp3) is 0.300. The molecule has 4 rings (SSSR count). The lowest BCUT2D eigenvalue weighted by Crippen LogP contribution is -2.39. The van der Waals surface area contributed by atoms with E-state index in [0.29, 0.717) is 5.22 Å². The molecular formula is C20H20N2O2S. The molecule has 2 heterocycles. The topological polar surface area (TPSA) is 46.3 Å². The molecule has 2 aromatic carbocycles. The third-order valence-corrected chi connectivity index (χ3v) is 5.88. The first-order valence-corrected chi connectivity index (χ1v) is 9.43. The van der Waals surface area contributed by atoms with Crippen molar-refractivity contribution >= 4 is 34.5 Å². The van der Waals surface area contributed by atoms with Gasteiger partial charge in [0.1, 0.15) is 5.52 Å². The molecule has 0 spiro atoms. The Hall–Kier alpha value is -2.27. The second-order valence-corrected chi connectivity index (χ2v) is 7.69. The number of hydrogen-bond donors (Lipinski definition) is 0. The number of hydrogen-bond acceptors (Lipinski definition) is 4. The molecule has 4 nitrogen and oxygen atoms in total. The van der Waals surface area contributed by atoms with Gasteiger partial charge in [0.2, 0.25) is 5.91 Å². The van der Waals surface area contributed by atoms with Gasteiger partial charge < -0.3 is 9.32 Å². The van der Waals surface area contributed by atoms with E-state index in [9.17, 15) is 4.79 Å². The number of aromatic nitrogens is 1. The van der Waals surface area contributed by atoms with Crippen LogP contribution in [0, 0.1) is 5.92 Å². The molecule has 1 amide bonds. The maximum absolute atomic E-state index is 13.2. The number of carbonyl (C=O) groups is 1. The summed E-state index contributed by atoms with van der Waals surface area (Å²) in [6.07, 6.45) is 0.917. The number of carbonyl (C=O) groups excluding carboxylic acids is 1. The molecule has 0 aliphatic carbocycles. The zero-order valence-corrected chi connectivity index (χ0v) is 15.1. The zero-order valence-electron chi connectivity index (χ0n) is 14.3. The van der Waals surface area contributed by atoms with E-state index in [-0.39, 0.29) is 17.1 Å². The van der Waals surface area contributed by atoms with Crippen LogP contribution < -0.4 is 4.90 Å².